The van der Waals surface area contributed by atoms with Gasteiger partial charge in [-0.3, -0.25) is 14.4 Å². The first kappa shape index (κ1) is 18.5. The molecule has 9 heteroatoms. The Morgan fingerprint density at radius 2 is 1.59 bits per heavy atom. The minimum Gasteiger partial charge on any atom is -0.454 e. The second kappa shape index (κ2) is 8.41. The topological polar surface area (TPSA) is 106 Å². The Labute approximate surface area is 159 Å². The first-order chi connectivity index (χ1) is 13.0. The molecule has 140 valence electrons. The molecule has 0 spiro atoms. The SMILES string of the molecule is O=C(CNC(=O)c1ccc2c(c1)OCO2)NCC(=O)Nc1ccc(Cl)cc1. The number of carbonyl (C=O) groups is 3. The highest BCUT2D eigenvalue weighted by atomic mass is 35.5. The molecule has 2 aromatic carbocycles. The maximum atomic E-state index is 12.1. The largest absolute Gasteiger partial charge is 0.454 e. The van der Waals surface area contributed by atoms with Crippen LogP contribution in [0.4, 0.5) is 5.69 Å². The molecule has 0 fully saturated rings. The van der Waals surface area contributed by atoms with Gasteiger partial charge in [-0.1, -0.05) is 11.6 Å². The van der Waals surface area contributed by atoms with Crippen LogP contribution in [0, 0.1) is 0 Å². The number of ether oxygens (including phenoxy) is 2. The second-order valence-corrected chi connectivity index (χ2v) is 6.02. The minimum atomic E-state index is -0.490. The summed E-state index contributed by atoms with van der Waals surface area (Å²) in [7, 11) is 0. The van der Waals surface area contributed by atoms with E-state index >= 15 is 0 Å². The lowest BCUT2D eigenvalue weighted by atomic mass is 10.2. The van der Waals surface area contributed by atoms with Crippen molar-refractivity contribution in [3.8, 4) is 11.5 Å². The quantitative estimate of drug-likeness (QED) is 0.695. The van der Waals surface area contributed by atoms with Crippen molar-refractivity contribution < 1.29 is 23.9 Å². The van der Waals surface area contributed by atoms with Crippen molar-refractivity contribution in [2.24, 2.45) is 0 Å². The number of hydrogen-bond acceptors (Lipinski definition) is 5. The number of amides is 3. The second-order valence-electron chi connectivity index (χ2n) is 5.58. The average Bonchev–Trinajstić information content (AvgIpc) is 3.14. The van der Waals surface area contributed by atoms with Gasteiger partial charge in [0.25, 0.3) is 5.91 Å². The average molecular weight is 390 g/mol. The molecule has 0 saturated carbocycles. The van der Waals surface area contributed by atoms with Gasteiger partial charge in [0.15, 0.2) is 11.5 Å². The van der Waals surface area contributed by atoms with Gasteiger partial charge in [0.1, 0.15) is 0 Å². The van der Waals surface area contributed by atoms with Gasteiger partial charge in [-0.05, 0) is 42.5 Å². The molecule has 0 radical (unpaired) electrons. The Kier molecular flexibility index (Phi) is 5.77. The summed E-state index contributed by atoms with van der Waals surface area (Å²) in [6, 6.07) is 11.3. The Morgan fingerprint density at radius 1 is 0.889 bits per heavy atom. The Morgan fingerprint density at radius 3 is 2.37 bits per heavy atom. The summed E-state index contributed by atoms with van der Waals surface area (Å²) in [6.07, 6.45) is 0. The van der Waals surface area contributed by atoms with Gasteiger partial charge in [0, 0.05) is 16.3 Å². The Bertz CT molecular complexity index is 870. The number of hydrogen-bond donors (Lipinski definition) is 3. The zero-order chi connectivity index (χ0) is 19.2. The number of fused-ring (bicyclic) bond motifs is 1. The molecule has 0 bridgehead atoms. The van der Waals surface area contributed by atoms with Gasteiger partial charge < -0.3 is 25.4 Å². The molecule has 0 aliphatic carbocycles. The highest BCUT2D eigenvalue weighted by Gasteiger charge is 2.16. The third-order valence-corrected chi connectivity index (χ3v) is 3.87. The fourth-order valence-electron chi connectivity index (χ4n) is 2.28. The summed E-state index contributed by atoms with van der Waals surface area (Å²) in [5.74, 6) is -0.279. The summed E-state index contributed by atoms with van der Waals surface area (Å²) >= 11 is 5.77. The van der Waals surface area contributed by atoms with E-state index in [4.69, 9.17) is 21.1 Å². The standard InChI is InChI=1S/C18H16ClN3O5/c19-12-2-4-13(5-3-12)22-17(24)9-20-16(23)8-21-18(25)11-1-6-14-15(7-11)27-10-26-14/h1-7H,8-10H2,(H,20,23)(H,21,25)(H,22,24). The third-order valence-electron chi connectivity index (χ3n) is 3.62. The predicted octanol–water partition coefficient (Wildman–Crippen LogP) is 1.55. The number of rotatable bonds is 6. The van der Waals surface area contributed by atoms with E-state index in [1.165, 1.54) is 6.07 Å². The fraction of sp³-hybridized carbons (Fsp3) is 0.167. The summed E-state index contributed by atoms with van der Waals surface area (Å²) < 4.78 is 10.4. The van der Waals surface area contributed by atoms with E-state index in [1.54, 1.807) is 36.4 Å². The molecule has 0 unspecified atom stereocenters. The molecular formula is C18H16ClN3O5. The van der Waals surface area contributed by atoms with E-state index in [1.807, 2.05) is 0 Å². The van der Waals surface area contributed by atoms with E-state index in [0.717, 1.165) is 0 Å². The van der Waals surface area contributed by atoms with Crippen LogP contribution in [0.2, 0.25) is 5.02 Å². The summed E-state index contributed by atoms with van der Waals surface area (Å²) in [4.78, 5) is 35.7. The number of benzene rings is 2. The van der Waals surface area contributed by atoms with Crippen molar-refractivity contribution in [3.63, 3.8) is 0 Å². The lowest BCUT2D eigenvalue weighted by Crippen LogP contribution is -2.40. The van der Waals surface area contributed by atoms with Crippen LogP contribution in [0.15, 0.2) is 42.5 Å². The predicted molar refractivity (Wildman–Crippen MR) is 98.0 cm³/mol. The van der Waals surface area contributed by atoms with Crippen LogP contribution >= 0.6 is 11.6 Å². The number of nitrogens with one attached hydrogen (secondary N) is 3. The highest BCUT2D eigenvalue weighted by Crippen LogP contribution is 2.32. The molecule has 1 aliphatic rings. The maximum absolute atomic E-state index is 12.1. The van der Waals surface area contributed by atoms with Crippen molar-refractivity contribution in [1.82, 2.24) is 10.6 Å². The summed E-state index contributed by atoms with van der Waals surface area (Å²) in [5.41, 5.74) is 0.905. The van der Waals surface area contributed by atoms with Gasteiger partial charge in [-0.15, -0.1) is 0 Å². The fourth-order valence-corrected chi connectivity index (χ4v) is 2.41. The zero-order valence-corrected chi connectivity index (χ0v) is 14.8. The van der Waals surface area contributed by atoms with Crippen LogP contribution in [-0.2, 0) is 9.59 Å². The van der Waals surface area contributed by atoms with Gasteiger partial charge in [0.2, 0.25) is 18.6 Å². The molecule has 3 amide bonds. The smallest absolute Gasteiger partial charge is 0.251 e. The molecular weight excluding hydrogens is 374 g/mol. The zero-order valence-electron chi connectivity index (χ0n) is 14.1. The van der Waals surface area contributed by atoms with Crippen LogP contribution in [0.5, 0.6) is 11.5 Å². The molecule has 0 aromatic heterocycles. The van der Waals surface area contributed by atoms with E-state index < -0.39 is 17.7 Å². The summed E-state index contributed by atoms with van der Waals surface area (Å²) in [5, 5.41) is 8.07. The van der Waals surface area contributed by atoms with Crippen LogP contribution < -0.4 is 25.4 Å². The first-order valence-corrected chi connectivity index (χ1v) is 8.39. The van der Waals surface area contributed by atoms with Crippen molar-refractivity contribution >= 4 is 35.0 Å². The Hall–Kier alpha value is -3.26. The summed E-state index contributed by atoms with van der Waals surface area (Å²) in [6.45, 7) is -0.371. The van der Waals surface area contributed by atoms with Crippen LogP contribution in [0.3, 0.4) is 0 Å². The highest BCUT2D eigenvalue weighted by molar-refractivity contribution is 6.30. The molecule has 0 saturated heterocycles. The minimum absolute atomic E-state index is 0.112. The van der Waals surface area contributed by atoms with Crippen molar-refractivity contribution in [3.05, 3.63) is 53.1 Å². The van der Waals surface area contributed by atoms with E-state index in [0.29, 0.717) is 27.8 Å². The van der Waals surface area contributed by atoms with E-state index in [2.05, 4.69) is 16.0 Å². The molecule has 3 rings (SSSR count). The van der Waals surface area contributed by atoms with Gasteiger partial charge in [0.05, 0.1) is 13.1 Å². The molecule has 8 nitrogen and oxygen atoms in total. The van der Waals surface area contributed by atoms with Crippen molar-refractivity contribution in [2.75, 3.05) is 25.2 Å². The van der Waals surface area contributed by atoms with Crippen LogP contribution in [0.25, 0.3) is 0 Å². The van der Waals surface area contributed by atoms with Crippen molar-refractivity contribution in [2.45, 2.75) is 0 Å². The number of halogens is 1. The Balaban J connectivity index is 1.40. The molecule has 1 heterocycles. The van der Waals surface area contributed by atoms with Crippen molar-refractivity contribution in [1.29, 1.82) is 0 Å². The van der Waals surface area contributed by atoms with E-state index in [-0.39, 0.29) is 19.9 Å². The molecule has 0 atom stereocenters. The molecule has 1 aliphatic heterocycles. The normalized spacial score (nSPS) is 11.6. The number of carbonyl (C=O) groups excluding carboxylic acids is 3. The lowest BCUT2D eigenvalue weighted by molar-refractivity contribution is -0.123. The maximum Gasteiger partial charge on any atom is 0.251 e. The van der Waals surface area contributed by atoms with Gasteiger partial charge >= 0.3 is 0 Å². The van der Waals surface area contributed by atoms with Crippen LogP contribution in [0.1, 0.15) is 10.4 Å². The lowest BCUT2D eigenvalue weighted by Gasteiger charge is -2.08. The van der Waals surface area contributed by atoms with E-state index in [9.17, 15) is 14.4 Å². The monoisotopic (exact) mass is 389 g/mol. The van der Waals surface area contributed by atoms with Crippen LogP contribution in [-0.4, -0.2) is 37.6 Å². The first-order valence-electron chi connectivity index (χ1n) is 8.01. The molecule has 27 heavy (non-hydrogen) atoms. The molecule has 3 N–H and O–H groups in total. The number of anilines is 1. The van der Waals surface area contributed by atoms with Gasteiger partial charge in [-0.25, -0.2) is 0 Å². The third kappa shape index (κ3) is 5.11. The molecule has 2 aromatic rings. The van der Waals surface area contributed by atoms with Gasteiger partial charge in [-0.2, -0.15) is 0 Å².